The number of rotatable bonds is 4. The summed E-state index contributed by atoms with van der Waals surface area (Å²) in [6.07, 6.45) is 2.87. The SMILES string of the molecule is COc1cccc(Cc2nc3c(s2)CC(C(=O)O)CC3)c1. The number of aryl methyl sites for hydroxylation is 1. The number of hydrogen-bond donors (Lipinski definition) is 1. The van der Waals surface area contributed by atoms with E-state index in [1.54, 1.807) is 18.4 Å². The van der Waals surface area contributed by atoms with E-state index in [0.29, 0.717) is 12.8 Å². The molecule has 1 heterocycles. The highest BCUT2D eigenvalue weighted by Gasteiger charge is 2.27. The fourth-order valence-corrected chi connectivity index (χ4v) is 3.90. The van der Waals surface area contributed by atoms with Crippen LogP contribution >= 0.6 is 11.3 Å². The summed E-state index contributed by atoms with van der Waals surface area (Å²) in [5.74, 6) is -0.0919. The van der Waals surface area contributed by atoms with Gasteiger partial charge in [0, 0.05) is 11.3 Å². The number of thiazole rings is 1. The fourth-order valence-electron chi connectivity index (χ4n) is 2.67. The minimum Gasteiger partial charge on any atom is -0.497 e. The van der Waals surface area contributed by atoms with Gasteiger partial charge >= 0.3 is 5.97 Å². The molecule has 0 saturated carbocycles. The Hall–Kier alpha value is -1.88. The van der Waals surface area contributed by atoms with Crippen molar-refractivity contribution in [2.75, 3.05) is 7.11 Å². The van der Waals surface area contributed by atoms with Gasteiger partial charge in [-0.3, -0.25) is 4.79 Å². The summed E-state index contributed by atoms with van der Waals surface area (Å²) in [5.41, 5.74) is 2.26. The quantitative estimate of drug-likeness (QED) is 0.943. The molecule has 1 atom stereocenters. The lowest BCUT2D eigenvalue weighted by molar-refractivity contribution is -0.142. The molecule has 0 spiro atoms. The van der Waals surface area contributed by atoms with Crippen LogP contribution in [0.3, 0.4) is 0 Å². The zero-order chi connectivity index (χ0) is 14.8. The molecule has 21 heavy (non-hydrogen) atoms. The van der Waals surface area contributed by atoms with Crippen molar-refractivity contribution in [1.29, 1.82) is 0 Å². The van der Waals surface area contributed by atoms with Crippen LogP contribution in [-0.4, -0.2) is 23.2 Å². The second kappa shape index (κ2) is 5.85. The maximum atomic E-state index is 11.1. The molecule has 2 aromatic rings. The number of carboxylic acid groups (broad SMARTS) is 1. The molecule has 1 aromatic carbocycles. The first kappa shape index (κ1) is 14.1. The van der Waals surface area contributed by atoms with Crippen LogP contribution in [0.2, 0.25) is 0 Å². The van der Waals surface area contributed by atoms with Crippen molar-refractivity contribution >= 4 is 17.3 Å². The number of carbonyl (C=O) groups is 1. The maximum absolute atomic E-state index is 11.1. The first-order chi connectivity index (χ1) is 10.2. The molecule has 0 aliphatic heterocycles. The van der Waals surface area contributed by atoms with Gasteiger partial charge in [0.2, 0.25) is 0 Å². The molecule has 1 aromatic heterocycles. The van der Waals surface area contributed by atoms with Crippen molar-refractivity contribution in [2.24, 2.45) is 5.92 Å². The number of methoxy groups -OCH3 is 1. The Balaban J connectivity index is 1.77. The highest BCUT2D eigenvalue weighted by atomic mass is 32.1. The van der Waals surface area contributed by atoms with Gasteiger partial charge < -0.3 is 9.84 Å². The first-order valence-corrected chi connectivity index (χ1v) is 7.80. The van der Waals surface area contributed by atoms with Crippen LogP contribution in [0.4, 0.5) is 0 Å². The van der Waals surface area contributed by atoms with Gasteiger partial charge in [-0.2, -0.15) is 0 Å². The third-order valence-electron chi connectivity index (χ3n) is 3.82. The number of aliphatic carboxylic acids is 1. The lowest BCUT2D eigenvalue weighted by Crippen LogP contribution is -2.21. The molecule has 5 heteroatoms. The largest absolute Gasteiger partial charge is 0.497 e. The predicted molar refractivity (Wildman–Crippen MR) is 81.1 cm³/mol. The van der Waals surface area contributed by atoms with E-state index in [2.05, 4.69) is 11.1 Å². The normalized spacial score (nSPS) is 17.3. The average molecular weight is 303 g/mol. The molecule has 1 aliphatic rings. The molecule has 110 valence electrons. The minimum absolute atomic E-state index is 0.248. The first-order valence-electron chi connectivity index (χ1n) is 6.99. The van der Waals surface area contributed by atoms with Crippen molar-refractivity contribution in [3.63, 3.8) is 0 Å². The second-order valence-corrected chi connectivity index (χ2v) is 6.45. The molecule has 4 nitrogen and oxygen atoms in total. The van der Waals surface area contributed by atoms with Crippen LogP contribution in [0.15, 0.2) is 24.3 Å². The van der Waals surface area contributed by atoms with E-state index in [9.17, 15) is 4.79 Å². The van der Waals surface area contributed by atoms with Gasteiger partial charge in [0.05, 0.1) is 23.7 Å². The van der Waals surface area contributed by atoms with Gasteiger partial charge in [0.1, 0.15) is 5.75 Å². The molecular formula is C16H17NO3S. The van der Waals surface area contributed by atoms with E-state index in [1.807, 2.05) is 18.2 Å². The van der Waals surface area contributed by atoms with Gasteiger partial charge in [0.15, 0.2) is 0 Å². The zero-order valence-corrected chi connectivity index (χ0v) is 12.7. The van der Waals surface area contributed by atoms with E-state index in [0.717, 1.165) is 39.7 Å². The number of fused-ring (bicyclic) bond motifs is 1. The number of nitrogens with zero attached hydrogens (tertiary/aromatic N) is 1. The Morgan fingerprint density at radius 3 is 3.14 bits per heavy atom. The topological polar surface area (TPSA) is 59.4 Å². The highest BCUT2D eigenvalue weighted by Crippen LogP contribution is 2.31. The molecule has 0 saturated heterocycles. The summed E-state index contributed by atoms with van der Waals surface area (Å²) < 4.78 is 5.23. The zero-order valence-electron chi connectivity index (χ0n) is 11.8. The van der Waals surface area contributed by atoms with Gasteiger partial charge in [0.25, 0.3) is 0 Å². The molecule has 1 aliphatic carbocycles. The summed E-state index contributed by atoms with van der Waals surface area (Å²) in [7, 11) is 1.66. The number of benzene rings is 1. The van der Waals surface area contributed by atoms with Crippen molar-refractivity contribution < 1.29 is 14.6 Å². The predicted octanol–water partition coefficient (Wildman–Crippen LogP) is 2.93. The van der Waals surface area contributed by atoms with Crippen LogP contribution in [-0.2, 0) is 24.1 Å². The average Bonchev–Trinajstić information content (AvgIpc) is 2.88. The van der Waals surface area contributed by atoms with Gasteiger partial charge in [-0.1, -0.05) is 12.1 Å². The third kappa shape index (κ3) is 3.08. The van der Waals surface area contributed by atoms with E-state index >= 15 is 0 Å². The number of hydrogen-bond acceptors (Lipinski definition) is 4. The van der Waals surface area contributed by atoms with Crippen molar-refractivity contribution in [1.82, 2.24) is 4.98 Å². The lowest BCUT2D eigenvalue weighted by Gasteiger charge is -2.16. The number of aromatic nitrogens is 1. The number of ether oxygens (including phenoxy) is 1. The van der Waals surface area contributed by atoms with Crippen molar-refractivity contribution in [3.05, 3.63) is 45.4 Å². The van der Waals surface area contributed by atoms with Gasteiger partial charge in [-0.05, 0) is 37.0 Å². The Bertz CT molecular complexity index is 665. The van der Waals surface area contributed by atoms with E-state index in [4.69, 9.17) is 9.84 Å². The van der Waals surface area contributed by atoms with Crippen LogP contribution < -0.4 is 4.74 Å². The van der Waals surface area contributed by atoms with Gasteiger partial charge in [-0.15, -0.1) is 11.3 Å². The summed E-state index contributed by atoms with van der Waals surface area (Å²) >= 11 is 1.65. The molecule has 1 unspecified atom stereocenters. The van der Waals surface area contributed by atoms with Crippen LogP contribution in [0.25, 0.3) is 0 Å². The Kier molecular flexibility index (Phi) is 3.92. The van der Waals surface area contributed by atoms with Crippen LogP contribution in [0.5, 0.6) is 5.75 Å². The molecular weight excluding hydrogens is 286 g/mol. The molecule has 3 rings (SSSR count). The molecule has 0 amide bonds. The Labute approximate surface area is 127 Å². The minimum atomic E-state index is -0.691. The molecule has 0 fully saturated rings. The number of carboxylic acids is 1. The summed E-state index contributed by atoms with van der Waals surface area (Å²) in [4.78, 5) is 16.9. The lowest BCUT2D eigenvalue weighted by atomic mass is 9.91. The fraction of sp³-hybridized carbons (Fsp3) is 0.375. The molecule has 0 radical (unpaired) electrons. The third-order valence-corrected chi connectivity index (χ3v) is 4.94. The smallest absolute Gasteiger partial charge is 0.306 e. The highest BCUT2D eigenvalue weighted by molar-refractivity contribution is 7.11. The monoisotopic (exact) mass is 303 g/mol. The van der Waals surface area contributed by atoms with Crippen LogP contribution in [0.1, 0.15) is 27.6 Å². The maximum Gasteiger partial charge on any atom is 0.306 e. The van der Waals surface area contributed by atoms with E-state index in [1.165, 1.54) is 0 Å². The standard InChI is InChI=1S/C16H17NO3S/c1-20-12-4-2-3-10(7-12)8-15-17-13-6-5-11(16(18)19)9-14(13)21-15/h2-4,7,11H,5-6,8-9H2,1H3,(H,18,19). The van der Waals surface area contributed by atoms with Crippen molar-refractivity contribution in [3.8, 4) is 5.75 Å². The van der Waals surface area contributed by atoms with Gasteiger partial charge in [-0.25, -0.2) is 4.98 Å². The Morgan fingerprint density at radius 1 is 1.52 bits per heavy atom. The molecule has 0 bridgehead atoms. The summed E-state index contributed by atoms with van der Waals surface area (Å²) in [6.45, 7) is 0. The van der Waals surface area contributed by atoms with E-state index < -0.39 is 5.97 Å². The van der Waals surface area contributed by atoms with E-state index in [-0.39, 0.29) is 5.92 Å². The summed E-state index contributed by atoms with van der Waals surface area (Å²) in [5, 5.41) is 10.2. The Morgan fingerprint density at radius 2 is 2.38 bits per heavy atom. The van der Waals surface area contributed by atoms with Crippen LogP contribution in [0, 0.1) is 5.92 Å². The second-order valence-electron chi connectivity index (χ2n) is 5.28. The molecule has 1 N–H and O–H groups in total. The summed E-state index contributed by atoms with van der Waals surface area (Å²) in [6, 6.07) is 7.97. The van der Waals surface area contributed by atoms with Crippen molar-refractivity contribution in [2.45, 2.75) is 25.7 Å².